The van der Waals surface area contributed by atoms with Crippen LogP contribution in [0.5, 0.6) is 0 Å². The van der Waals surface area contributed by atoms with E-state index < -0.39 is 0 Å². The minimum absolute atomic E-state index is 0.924. The minimum atomic E-state index is 0.924. The van der Waals surface area contributed by atoms with Crippen LogP contribution < -0.4 is 0 Å². The summed E-state index contributed by atoms with van der Waals surface area (Å²) >= 11 is 0. The Morgan fingerprint density at radius 2 is 2.56 bits per heavy atom. The average Bonchev–Trinajstić information content (AvgIpc) is 2.13. The van der Waals surface area contributed by atoms with Gasteiger partial charge >= 0.3 is 0 Å². The van der Waals surface area contributed by atoms with Gasteiger partial charge in [-0.2, -0.15) is 0 Å². The minimum Gasteiger partial charge on any atom is -0.453 e. The standard InChI is InChI=1S/C7H7NO/c1-2-7-3-4-8-6-9-5-7/h2-6H,1H2. The maximum atomic E-state index is 4.81. The first-order chi connectivity index (χ1) is 4.43. The van der Waals surface area contributed by atoms with Gasteiger partial charge in [-0.3, -0.25) is 0 Å². The number of allylic oxidation sites excluding steroid dienone is 3. The zero-order valence-corrected chi connectivity index (χ0v) is 4.95. The molecule has 0 aromatic carbocycles. The largest absolute Gasteiger partial charge is 0.453 e. The Hall–Kier alpha value is -1.31. The normalized spacial score (nSPS) is 15.8. The summed E-state index contributed by atoms with van der Waals surface area (Å²) in [6.45, 7) is 3.57. The molecule has 0 aromatic rings. The van der Waals surface area contributed by atoms with Gasteiger partial charge in [-0.15, -0.1) is 0 Å². The SMILES string of the molecule is C=CC1=COC=NC=C1. The lowest BCUT2D eigenvalue weighted by atomic mass is 10.3. The Balaban J connectivity index is 2.74. The summed E-state index contributed by atoms with van der Waals surface area (Å²) in [5.74, 6) is 0. The summed E-state index contributed by atoms with van der Waals surface area (Å²) in [5, 5.41) is 0. The van der Waals surface area contributed by atoms with E-state index >= 15 is 0 Å². The van der Waals surface area contributed by atoms with Gasteiger partial charge in [0.1, 0.15) is 0 Å². The van der Waals surface area contributed by atoms with Gasteiger partial charge in [0, 0.05) is 11.8 Å². The predicted octanol–water partition coefficient (Wildman–Crippen LogP) is 1.63. The van der Waals surface area contributed by atoms with Crippen LogP contribution in [0.15, 0.2) is 41.8 Å². The molecule has 0 saturated heterocycles. The second kappa shape index (κ2) is 2.87. The molecule has 0 amide bonds. The topological polar surface area (TPSA) is 21.6 Å². The van der Waals surface area contributed by atoms with E-state index in [0.717, 1.165) is 5.57 Å². The molecule has 0 aromatic heterocycles. The van der Waals surface area contributed by atoms with Crippen LogP contribution in [0.3, 0.4) is 0 Å². The highest BCUT2D eigenvalue weighted by Gasteiger charge is 1.85. The molecule has 0 radical (unpaired) electrons. The molecule has 2 nitrogen and oxygen atoms in total. The number of aliphatic imine (C=N–C) groups is 1. The van der Waals surface area contributed by atoms with Crippen molar-refractivity contribution < 1.29 is 4.74 Å². The first-order valence-corrected chi connectivity index (χ1v) is 2.60. The summed E-state index contributed by atoms with van der Waals surface area (Å²) in [4.78, 5) is 3.74. The molecule has 0 bridgehead atoms. The fraction of sp³-hybridized carbons (Fsp3) is 0. The maximum Gasteiger partial charge on any atom is 0.180 e. The smallest absolute Gasteiger partial charge is 0.180 e. The number of rotatable bonds is 1. The van der Waals surface area contributed by atoms with Crippen LogP contribution in [-0.2, 0) is 4.74 Å². The van der Waals surface area contributed by atoms with Crippen molar-refractivity contribution in [2.24, 2.45) is 4.99 Å². The van der Waals surface area contributed by atoms with E-state index in [-0.39, 0.29) is 0 Å². The van der Waals surface area contributed by atoms with Gasteiger partial charge in [-0.05, 0) is 6.08 Å². The van der Waals surface area contributed by atoms with Crippen LogP contribution in [0.25, 0.3) is 0 Å². The van der Waals surface area contributed by atoms with Gasteiger partial charge < -0.3 is 4.74 Å². The zero-order valence-electron chi connectivity index (χ0n) is 4.95. The lowest BCUT2D eigenvalue weighted by molar-refractivity contribution is 0.493. The highest BCUT2D eigenvalue weighted by atomic mass is 16.5. The molecular formula is C7H7NO. The van der Waals surface area contributed by atoms with Crippen molar-refractivity contribution in [1.29, 1.82) is 0 Å². The van der Waals surface area contributed by atoms with Crippen molar-refractivity contribution in [2.75, 3.05) is 0 Å². The molecule has 0 fully saturated rings. The van der Waals surface area contributed by atoms with Crippen LogP contribution in [0, 0.1) is 0 Å². The fourth-order valence-corrected chi connectivity index (χ4v) is 0.464. The summed E-state index contributed by atoms with van der Waals surface area (Å²) in [5.41, 5.74) is 0.924. The van der Waals surface area contributed by atoms with Crippen molar-refractivity contribution in [3.8, 4) is 0 Å². The maximum absolute atomic E-state index is 4.81. The molecule has 2 heteroatoms. The van der Waals surface area contributed by atoms with Gasteiger partial charge in [0.25, 0.3) is 0 Å². The molecule has 0 saturated carbocycles. The number of ether oxygens (including phenoxy) is 1. The monoisotopic (exact) mass is 121 g/mol. The molecule has 1 heterocycles. The van der Waals surface area contributed by atoms with Gasteiger partial charge in [0.05, 0.1) is 6.26 Å². The second-order valence-electron chi connectivity index (χ2n) is 1.53. The average molecular weight is 121 g/mol. The Labute approximate surface area is 53.9 Å². The molecule has 0 spiro atoms. The molecular weight excluding hydrogens is 114 g/mol. The molecule has 1 rings (SSSR count). The summed E-state index contributed by atoms with van der Waals surface area (Å²) in [6, 6.07) is 0. The lowest BCUT2D eigenvalue weighted by Crippen LogP contribution is -1.73. The summed E-state index contributed by atoms with van der Waals surface area (Å²) in [7, 11) is 0. The molecule has 46 valence electrons. The quantitative estimate of drug-likeness (QED) is 0.516. The van der Waals surface area contributed by atoms with Crippen molar-refractivity contribution in [1.82, 2.24) is 0 Å². The van der Waals surface area contributed by atoms with Gasteiger partial charge in [0.15, 0.2) is 6.40 Å². The van der Waals surface area contributed by atoms with Gasteiger partial charge in [0.2, 0.25) is 0 Å². The Bertz CT molecular complexity index is 189. The predicted molar refractivity (Wildman–Crippen MR) is 37.0 cm³/mol. The summed E-state index contributed by atoms with van der Waals surface area (Å²) < 4.78 is 4.81. The Morgan fingerprint density at radius 3 is 3.33 bits per heavy atom. The van der Waals surface area contributed by atoms with E-state index in [1.54, 1.807) is 18.5 Å². The third-order valence-electron chi connectivity index (χ3n) is 0.915. The number of nitrogens with zero attached hydrogens (tertiary/aromatic N) is 1. The van der Waals surface area contributed by atoms with Gasteiger partial charge in [-0.25, -0.2) is 4.99 Å². The van der Waals surface area contributed by atoms with Crippen molar-refractivity contribution in [2.45, 2.75) is 0 Å². The van der Waals surface area contributed by atoms with Crippen LogP contribution in [0.1, 0.15) is 0 Å². The molecule has 0 unspecified atom stereocenters. The molecule has 0 N–H and O–H groups in total. The molecule has 9 heavy (non-hydrogen) atoms. The third-order valence-corrected chi connectivity index (χ3v) is 0.915. The van der Waals surface area contributed by atoms with E-state index in [1.807, 2.05) is 6.08 Å². The summed E-state index contributed by atoms with van der Waals surface area (Å²) in [6.07, 6.45) is 8.12. The zero-order chi connectivity index (χ0) is 6.53. The van der Waals surface area contributed by atoms with E-state index in [2.05, 4.69) is 11.6 Å². The second-order valence-corrected chi connectivity index (χ2v) is 1.53. The van der Waals surface area contributed by atoms with Gasteiger partial charge in [-0.1, -0.05) is 12.7 Å². The molecule has 1 aliphatic heterocycles. The third kappa shape index (κ3) is 1.57. The van der Waals surface area contributed by atoms with Crippen LogP contribution in [0.4, 0.5) is 0 Å². The number of hydrogen-bond donors (Lipinski definition) is 0. The van der Waals surface area contributed by atoms with E-state index in [4.69, 9.17) is 4.74 Å². The first kappa shape index (κ1) is 5.82. The first-order valence-electron chi connectivity index (χ1n) is 2.60. The van der Waals surface area contributed by atoms with Crippen LogP contribution >= 0.6 is 0 Å². The molecule has 0 aliphatic carbocycles. The van der Waals surface area contributed by atoms with E-state index in [1.165, 1.54) is 6.40 Å². The van der Waals surface area contributed by atoms with Crippen LogP contribution in [0.2, 0.25) is 0 Å². The number of hydrogen-bond acceptors (Lipinski definition) is 2. The highest BCUT2D eigenvalue weighted by Crippen LogP contribution is 2.00. The lowest BCUT2D eigenvalue weighted by Gasteiger charge is -1.86. The van der Waals surface area contributed by atoms with E-state index in [9.17, 15) is 0 Å². The Morgan fingerprint density at radius 1 is 1.67 bits per heavy atom. The molecule has 0 atom stereocenters. The van der Waals surface area contributed by atoms with Crippen LogP contribution in [-0.4, -0.2) is 6.40 Å². The Kier molecular flexibility index (Phi) is 1.85. The highest BCUT2D eigenvalue weighted by molar-refractivity contribution is 5.51. The van der Waals surface area contributed by atoms with Crippen molar-refractivity contribution >= 4 is 6.40 Å². The molecule has 1 aliphatic rings. The van der Waals surface area contributed by atoms with E-state index in [0.29, 0.717) is 0 Å². The van der Waals surface area contributed by atoms with Crippen molar-refractivity contribution in [3.63, 3.8) is 0 Å². The fourth-order valence-electron chi connectivity index (χ4n) is 0.464. The van der Waals surface area contributed by atoms with Crippen molar-refractivity contribution in [3.05, 3.63) is 36.8 Å².